The van der Waals surface area contributed by atoms with E-state index in [-0.39, 0.29) is 11.6 Å². The van der Waals surface area contributed by atoms with Crippen molar-refractivity contribution in [2.45, 2.75) is 50.6 Å². The molecule has 1 N–H and O–H groups in total. The van der Waals surface area contributed by atoms with Gasteiger partial charge in [-0.15, -0.1) is 5.10 Å². The van der Waals surface area contributed by atoms with Crippen molar-refractivity contribution >= 4 is 11.8 Å². The normalized spacial score (nSPS) is 25.4. The minimum absolute atomic E-state index is 0.129. The SMILES string of the molecule is COc1cc(N2C[C@H]3CC[C@@H](C2)[C@@H]3Nc2nc3n(n2)CCCCC3c2ccc(F)c(F)c2F)ncn1. The molecule has 3 aliphatic rings. The molecule has 11 heteroatoms. The molecule has 6 rings (SSSR count). The van der Waals surface area contributed by atoms with Gasteiger partial charge in [-0.25, -0.2) is 27.8 Å². The summed E-state index contributed by atoms with van der Waals surface area (Å²) < 4.78 is 49.3. The summed E-state index contributed by atoms with van der Waals surface area (Å²) in [4.78, 5) is 15.6. The van der Waals surface area contributed by atoms with Crippen LogP contribution in [-0.4, -0.2) is 51.0 Å². The van der Waals surface area contributed by atoms with Crippen LogP contribution in [0.1, 0.15) is 49.4 Å². The molecule has 1 unspecified atom stereocenters. The Morgan fingerprint density at radius 1 is 1.00 bits per heavy atom. The van der Waals surface area contributed by atoms with Crippen molar-refractivity contribution in [3.63, 3.8) is 0 Å². The first-order valence-corrected chi connectivity index (χ1v) is 12.5. The summed E-state index contributed by atoms with van der Waals surface area (Å²) in [6.07, 6.45) is 6.01. The number of ether oxygens (including phenoxy) is 1. The van der Waals surface area contributed by atoms with Crippen LogP contribution in [0.3, 0.4) is 0 Å². The lowest BCUT2D eigenvalue weighted by molar-refractivity contribution is 0.372. The van der Waals surface area contributed by atoms with E-state index in [1.54, 1.807) is 11.8 Å². The number of aromatic nitrogens is 5. The van der Waals surface area contributed by atoms with Gasteiger partial charge in [0.2, 0.25) is 11.8 Å². The number of aryl methyl sites for hydroxylation is 1. The summed E-state index contributed by atoms with van der Waals surface area (Å²) in [5.41, 5.74) is 0.129. The summed E-state index contributed by atoms with van der Waals surface area (Å²) in [5, 5.41) is 8.27. The fourth-order valence-electron chi connectivity index (χ4n) is 6.09. The van der Waals surface area contributed by atoms with Crippen molar-refractivity contribution in [2.24, 2.45) is 11.8 Å². The third-order valence-electron chi connectivity index (χ3n) is 7.86. The molecule has 2 aliphatic heterocycles. The largest absolute Gasteiger partial charge is 0.481 e. The molecule has 2 aromatic heterocycles. The van der Waals surface area contributed by atoms with Crippen LogP contribution in [0.25, 0.3) is 0 Å². The quantitative estimate of drug-likeness (QED) is 0.529. The number of piperidine rings is 1. The Morgan fingerprint density at radius 2 is 1.81 bits per heavy atom. The van der Waals surface area contributed by atoms with Crippen molar-refractivity contribution in [3.8, 4) is 5.88 Å². The number of anilines is 2. The highest BCUT2D eigenvalue weighted by Crippen LogP contribution is 2.40. The van der Waals surface area contributed by atoms with Gasteiger partial charge < -0.3 is 15.0 Å². The van der Waals surface area contributed by atoms with Crippen molar-refractivity contribution < 1.29 is 17.9 Å². The number of hydrogen-bond donors (Lipinski definition) is 1. The van der Waals surface area contributed by atoms with Gasteiger partial charge in [0.25, 0.3) is 0 Å². The Balaban J connectivity index is 1.23. The second-order valence-electron chi connectivity index (χ2n) is 9.92. The van der Waals surface area contributed by atoms with Gasteiger partial charge in [0.1, 0.15) is 18.0 Å². The Morgan fingerprint density at radius 3 is 2.58 bits per heavy atom. The lowest BCUT2D eigenvalue weighted by Crippen LogP contribution is -2.48. The van der Waals surface area contributed by atoms with E-state index >= 15 is 0 Å². The van der Waals surface area contributed by atoms with Crippen LogP contribution >= 0.6 is 0 Å². The Bertz CT molecular complexity index is 1250. The van der Waals surface area contributed by atoms with Gasteiger partial charge in [0.05, 0.1) is 7.11 Å². The number of rotatable bonds is 5. The molecule has 2 bridgehead atoms. The highest BCUT2D eigenvalue weighted by atomic mass is 19.2. The highest BCUT2D eigenvalue weighted by Gasteiger charge is 2.43. The van der Waals surface area contributed by atoms with E-state index in [2.05, 4.69) is 20.2 Å². The maximum absolute atomic E-state index is 14.7. The average molecular weight is 500 g/mol. The standard InChI is InChI=1S/C25H28F3N7O/c1-36-20-10-19(29-13-30-20)34-11-14-5-6-15(12-34)23(14)31-25-32-24-17(4-2-3-9-35(24)33-25)16-7-8-18(26)22(28)21(16)27/h7-8,10,13-15,17,23H,2-6,9,11-12H2,1H3,(H,31,33)/t14-,15+,17?,23-. The van der Waals surface area contributed by atoms with Crippen LogP contribution in [0.5, 0.6) is 5.88 Å². The number of nitrogens with zero attached hydrogens (tertiary/aromatic N) is 6. The molecule has 4 heterocycles. The summed E-state index contributed by atoms with van der Waals surface area (Å²) in [6, 6.07) is 4.39. The molecule has 0 radical (unpaired) electrons. The second kappa shape index (κ2) is 9.25. The van der Waals surface area contributed by atoms with Crippen LogP contribution in [0.15, 0.2) is 24.5 Å². The fraction of sp³-hybridized carbons (Fsp3) is 0.520. The van der Waals surface area contributed by atoms with Gasteiger partial charge in [0, 0.05) is 43.2 Å². The lowest BCUT2D eigenvalue weighted by Gasteiger charge is -2.38. The molecular formula is C25H28F3N7O. The number of benzene rings is 1. The fourth-order valence-corrected chi connectivity index (χ4v) is 6.09. The van der Waals surface area contributed by atoms with Gasteiger partial charge in [-0.1, -0.05) is 12.5 Å². The average Bonchev–Trinajstić information content (AvgIpc) is 3.30. The van der Waals surface area contributed by atoms with Crippen molar-refractivity contribution in [1.29, 1.82) is 0 Å². The summed E-state index contributed by atoms with van der Waals surface area (Å²) >= 11 is 0. The molecule has 190 valence electrons. The number of halogens is 3. The number of methoxy groups -OCH3 is 1. The third kappa shape index (κ3) is 4.04. The van der Waals surface area contributed by atoms with Crippen LogP contribution < -0.4 is 15.0 Å². The van der Waals surface area contributed by atoms with E-state index in [4.69, 9.17) is 14.8 Å². The van der Waals surface area contributed by atoms with Crippen molar-refractivity contribution in [2.75, 3.05) is 30.4 Å². The summed E-state index contributed by atoms with van der Waals surface area (Å²) in [7, 11) is 1.59. The lowest BCUT2D eigenvalue weighted by atomic mass is 9.92. The minimum atomic E-state index is -1.44. The van der Waals surface area contributed by atoms with Crippen molar-refractivity contribution in [3.05, 3.63) is 53.4 Å². The zero-order valence-electron chi connectivity index (χ0n) is 20.0. The van der Waals surface area contributed by atoms with Crippen molar-refractivity contribution in [1.82, 2.24) is 24.7 Å². The zero-order valence-corrected chi connectivity index (χ0v) is 20.0. The Kier molecular flexibility index (Phi) is 5.93. The summed E-state index contributed by atoms with van der Waals surface area (Å²) in [5.74, 6) is -0.934. The maximum Gasteiger partial charge on any atom is 0.242 e. The molecule has 4 atom stereocenters. The molecule has 36 heavy (non-hydrogen) atoms. The van der Waals surface area contributed by atoms with E-state index in [0.717, 1.165) is 50.7 Å². The van der Waals surface area contributed by atoms with E-state index < -0.39 is 23.4 Å². The Labute approximate surface area is 206 Å². The Hall–Kier alpha value is -3.37. The first kappa shape index (κ1) is 23.1. The maximum atomic E-state index is 14.7. The van der Waals surface area contributed by atoms with Gasteiger partial charge >= 0.3 is 0 Å². The first-order valence-electron chi connectivity index (χ1n) is 12.5. The van der Waals surface area contributed by atoms with E-state index in [1.807, 2.05) is 6.07 Å². The number of nitrogens with one attached hydrogen (secondary N) is 1. The molecule has 0 spiro atoms. The highest BCUT2D eigenvalue weighted by molar-refractivity contribution is 5.43. The molecule has 1 aromatic carbocycles. The minimum Gasteiger partial charge on any atom is -0.481 e. The molecule has 3 aromatic rings. The molecule has 2 fully saturated rings. The molecule has 1 aliphatic carbocycles. The predicted molar refractivity (Wildman–Crippen MR) is 126 cm³/mol. The van der Waals surface area contributed by atoms with Gasteiger partial charge in [-0.05, 0) is 43.6 Å². The topological polar surface area (TPSA) is 81.0 Å². The van der Waals surface area contributed by atoms with Crippen LogP contribution in [-0.2, 0) is 6.54 Å². The molecule has 1 saturated carbocycles. The van der Waals surface area contributed by atoms with E-state index in [0.29, 0.717) is 42.5 Å². The van der Waals surface area contributed by atoms with Gasteiger partial charge in [-0.2, -0.15) is 4.98 Å². The van der Waals surface area contributed by atoms with E-state index in [1.165, 1.54) is 12.4 Å². The van der Waals surface area contributed by atoms with E-state index in [9.17, 15) is 13.2 Å². The second-order valence-corrected chi connectivity index (χ2v) is 9.92. The van der Waals surface area contributed by atoms with Gasteiger partial charge in [0.15, 0.2) is 17.5 Å². The monoisotopic (exact) mass is 499 g/mol. The summed E-state index contributed by atoms with van der Waals surface area (Å²) in [6.45, 7) is 2.36. The molecule has 8 nitrogen and oxygen atoms in total. The van der Waals surface area contributed by atoms with Gasteiger partial charge in [-0.3, -0.25) is 0 Å². The zero-order chi connectivity index (χ0) is 24.8. The smallest absolute Gasteiger partial charge is 0.242 e. The first-order chi connectivity index (χ1) is 17.5. The predicted octanol–water partition coefficient (Wildman–Crippen LogP) is 4.14. The number of hydrogen-bond acceptors (Lipinski definition) is 7. The van der Waals surface area contributed by atoms with Crippen LogP contribution in [0.4, 0.5) is 24.9 Å². The van der Waals surface area contributed by atoms with Crippen LogP contribution in [0.2, 0.25) is 0 Å². The molecule has 1 saturated heterocycles. The molecule has 0 amide bonds. The third-order valence-corrected chi connectivity index (χ3v) is 7.86. The van der Waals surface area contributed by atoms with Crippen LogP contribution in [0, 0.1) is 29.3 Å². The molecular weight excluding hydrogens is 471 g/mol. The number of fused-ring (bicyclic) bond motifs is 3.